The summed E-state index contributed by atoms with van der Waals surface area (Å²) >= 11 is 0. The van der Waals surface area contributed by atoms with Gasteiger partial charge < -0.3 is 0 Å². The standard InChI is InChI=1S/C15H13F3N2O/c1-9(2)11-5-10(8-21)6-12(7-11)14-19-4-3-13(20-14)15(16,17)18/h3-9H,1-2H3. The number of aromatic nitrogens is 2. The van der Waals surface area contributed by atoms with E-state index >= 15 is 0 Å². The van der Waals surface area contributed by atoms with E-state index in [4.69, 9.17) is 0 Å². The lowest BCUT2D eigenvalue weighted by atomic mass is 9.98. The highest BCUT2D eigenvalue weighted by Gasteiger charge is 2.32. The van der Waals surface area contributed by atoms with Crippen LogP contribution in [0.3, 0.4) is 0 Å². The first kappa shape index (κ1) is 15.2. The minimum absolute atomic E-state index is 0.0459. The van der Waals surface area contributed by atoms with Gasteiger partial charge in [0.2, 0.25) is 0 Å². The van der Waals surface area contributed by atoms with E-state index in [9.17, 15) is 18.0 Å². The molecule has 0 fully saturated rings. The smallest absolute Gasteiger partial charge is 0.298 e. The molecule has 21 heavy (non-hydrogen) atoms. The first-order chi connectivity index (χ1) is 9.81. The van der Waals surface area contributed by atoms with E-state index in [1.165, 1.54) is 6.07 Å². The van der Waals surface area contributed by atoms with E-state index in [1.54, 1.807) is 12.1 Å². The van der Waals surface area contributed by atoms with Crippen LogP contribution < -0.4 is 0 Å². The number of hydrogen-bond acceptors (Lipinski definition) is 3. The second-order valence-electron chi connectivity index (χ2n) is 4.92. The van der Waals surface area contributed by atoms with Gasteiger partial charge in [-0.3, -0.25) is 4.79 Å². The summed E-state index contributed by atoms with van der Waals surface area (Å²) in [5.41, 5.74) is 0.623. The Morgan fingerprint density at radius 1 is 1.19 bits per heavy atom. The topological polar surface area (TPSA) is 42.9 Å². The number of benzene rings is 1. The lowest BCUT2D eigenvalue weighted by molar-refractivity contribution is -0.141. The molecule has 0 saturated heterocycles. The summed E-state index contributed by atoms with van der Waals surface area (Å²) in [6, 6.07) is 5.70. The van der Waals surface area contributed by atoms with E-state index in [2.05, 4.69) is 9.97 Å². The monoisotopic (exact) mass is 294 g/mol. The zero-order valence-electron chi connectivity index (χ0n) is 11.5. The average molecular weight is 294 g/mol. The molecule has 1 aromatic carbocycles. The van der Waals surface area contributed by atoms with Crippen molar-refractivity contribution in [1.29, 1.82) is 0 Å². The molecule has 0 amide bonds. The molecule has 1 heterocycles. The first-order valence-corrected chi connectivity index (χ1v) is 6.32. The summed E-state index contributed by atoms with van der Waals surface area (Å²) in [7, 11) is 0. The van der Waals surface area contributed by atoms with Crippen LogP contribution in [0.2, 0.25) is 0 Å². The fraction of sp³-hybridized carbons (Fsp3) is 0.267. The Morgan fingerprint density at radius 3 is 2.48 bits per heavy atom. The molecule has 0 spiro atoms. The molecule has 0 atom stereocenters. The van der Waals surface area contributed by atoms with Crippen LogP contribution in [0, 0.1) is 0 Å². The Bertz CT molecular complexity index is 666. The Morgan fingerprint density at radius 2 is 1.90 bits per heavy atom. The van der Waals surface area contributed by atoms with Crippen molar-refractivity contribution in [2.75, 3.05) is 0 Å². The Balaban J connectivity index is 2.56. The van der Waals surface area contributed by atoms with Crippen LogP contribution in [0.15, 0.2) is 30.5 Å². The maximum Gasteiger partial charge on any atom is 0.433 e. The van der Waals surface area contributed by atoms with Gasteiger partial charge in [-0.2, -0.15) is 13.2 Å². The molecule has 6 heteroatoms. The summed E-state index contributed by atoms with van der Waals surface area (Å²) in [6.07, 6.45) is -2.81. The maximum absolute atomic E-state index is 12.7. The summed E-state index contributed by atoms with van der Waals surface area (Å²) in [4.78, 5) is 18.4. The van der Waals surface area contributed by atoms with Gasteiger partial charge in [0.1, 0.15) is 12.0 Å². The maximum atomic E-state index is 12.7. The van der Waals surface area contributed by atoms with Crippen LogP contribution >= 0.6 is 0 Å². The molecule has 0 N–H and O–H groups in total. The van der Waals surface area contributed by atoms with E-state index in [1.807, 2.05) is 13.8 Å². The quantitative estimate of drug-likeness (QED) is 0.800. The van der Waals surface area contributed by atoms with Crippen molar-refractivity contribution in [1.82, 2.24) is 9.97 Å². The second-order valence-corrected chi connectivity index (χ2v) is 4.92. The minimum Gasteiger partial charge on any atom is -0.298 e. The van der Waals surface area contributed by atoms with Crippen molar-refractivity contribution in [3.05, 3.63) is 47.3 Å². The largest absolute Gasteiger partial charge is 0.433 e. The normalized spacial score (nSPS) is 11.7. The molecule has 0 aliphatic heterocycles. The van der Waals surface area contributed by atoms with Gasteiger partial charge in [-0.05, 0) is 35.7 Å². The molecule has 0 unspecified atom stereocenters. The fourth-order valence-corrected chi connectivity index (χ4v) is 1.86. The van der Waals surface area contributed by atoms with Gasteiger partial charge in [0.05, 0.1) is 0 Å². The molecular weight excluding hydrogens is 281 g/mol. The second kappa shape index (κ2) is 5.63. The zero-order chi connectivity index (χ0) is 15.6. The van der Waals surface area contributed by atoms with Crippen LogP contribution in [0.25, 0.3) is 11.4 Å². The zero-order valence-corrected chi connectivity index (χ0v) is 11.5. The lowest BCUT2D eigenvalue weighted by Gasteiger charge is -2.10. The third kappa shape index (κ3) is 3.45. The predicted molar refractivity (Wildman–Crippen MR) is 71.9 cm³/mol. The number of carbonyl (C=O) groups excluding carboxylic acids is 1. The number of aldehydes is 1. The SMILES string of the molecule is CC(C)c1cc(C=O)cc(-c2nccc(C(F)(F)F)n2)c1. The fourth-order valence-electron chi connectivity index (χ4n) is 1.86. The van der Waals surface area contributed by atoms with Gasteiger partial charge in [-0.25, -0.2) is 9.97 Å². The number of rotatable bonds is 3. The Kier molecular flexibility index (Phi) is 4.06. The molecule has 0 bridgehead atoms. The minimum atomic E-state index is -4.53. The summed E-state index contributed by atoms with van der Waals surface area (Å²) in [6.45, 7) is 3.86. The van der Waals surface area contributed by atoms with Crippen LogP contribution in [0.1, 0.15) is 41.4 Å². The van der Waals surface area contributed by atoms with Crippen molar-refractivity contribution >= 4 is 6.29 Å². The number of hydrogen-bond donors (Lipinski definition) is 0. The Hall–Kier alpha value is -2.24. The van der Waals surface area contributed by atoms with Crippen LogP contribution in [-0.4, -0.2) is 16.3 Å². The molecule has 0 saturated carbocycles. The van der Waals surface area contributed by atoms with Crippen molar-refractivity contribution < 1.29 is 18.0 Å². The molecular formula is C15H13F3N2O. The molecule has 0 aliphatic rings. The Labute approximate surface area is 119 Å². The molecule has 1 aromatic heterocycles. The third-order valence-corrected chi connectivity index (χ3v) is 2.98. The number of alkyl halides is 3. The molecule has 110 valence electrons. The first-order valence-electron chi connectivity index (χ1n) is 6.32. The van der Waals surface area contributed by atoms with E-state index in [0.717, 1.165) is 17.8 Å². The van der Waals surface area contributed by atoms with Crippen LogP contribution in [-0.2, 0) is 6.18 Å². The third-order valence-electron chi connectivity index (χ3n) is 2.98. The number of carbonyl (C=O) groups is 1. The molecule has 3 nitrogen and oxygen atoms in total. The summed E-state index contributed by atoms with van der Waals surface area (Å²) in [5, 5.41) is 0. The number of nitrogens with zero attached hydrogens (tertiary/aromatic N) is 2. The van der Waals surface area contributed by atoms with Gasteiger partial charge in [0.25, 0.3) is 0 Å². The lowest BCUT2D eigenvalue weighted by Crippen LogP contribution is -2.09. The van der Waals surface area contributed by atoms with Crippen molar-refractivity contribution in [2.45, 2.75) is 25.9 Å². The van der Waals surface area contributed by atoms with Gasteiger partial charge >= 0.3 is 6.18 Å². The van der Waals surface area contributed by atoms with E-state index in [-0.39, 0.29) is 11.7 Å². The van der Waals surface area contributed by atoms with Crippen LogP contribution in [0.5, 0.6) is 0 Å². The molecule has 0 radical (unpaired) electrons. The summed E-state index contributed by atoms with van der Waals surface area (Å²) < 4.78 is 38.1. The van der Waals surface area contributed by atoms with Gasteiger partial charge in [0, 0.05) is 17.3 Å². The van der Waals surface area contributed by atoms with Gasteiger partial charge in [-0.15, -0.1) is 0 Å². The number of halogens is 3. The highest BCUT2D eigenvalue weighted by molar-refractivity contribution is 5.78. The highest BCUT2D eigenvalue weighted by atomic mass is 19.4. The molecule has 2 aromatic rings. The van der Waals surface area contributed by atoms with Crippen molar-refractivity contribution in [3.63, 3.8) is 0 Å². The van der Waals surface area contributed by atoms with Crippen molar-refractivity contribution in [3.8, 4) is 11.4 Å². The van der Waals surface area contributed by atoms with Crippen molar-refractivity contribution in [2.24, 2.45) is 0 Å². The average Bonchev–Trinajstić information content (AvgIpc) is 2.46. The highest BCUT2D eigenvalue weighted by Crippen LogP contribution is 2.29. The van der Waals surface area contributed by atoms with Crippen LogP contribution in [0.4, 0.5) is 13.2 Å². The predicted octanol–water partition coefficient (Wildman–Crippen LogP) is 4.10. The van der Waals surface area contributed by atoms with E-state index < -0.39 is 11.9 Å². The molecule has 0 aliphatic carbocycles. The molecule has 2 rings (SSSR count). The van der Waals surface area contributed by atoms with E-state index in [0.29, 0.717) is 17.4 Å². The van der Waals surface area contributed by atoms with Gasteiger partial charge in [-0.1, -0.05) is 13.8 Å². The van der Waals surface area contributed by atoms with Gasteiger partial charge in [0.15, 0.2) is 5.82 Å². The summed E-state index contributed by atoms with van der Waals surface area (Å²) in [5.74, 6) is 0.0878.